The second kappa shape index (κ2) is 40.1. The highest BCUT2D eigenvalue weighted by Crippen LogP contribution is 2.29. The number of primary amides is 1. The number of aromatic amines is 1. The summed E-state index contributed by atoms with van der Waals surface area (Å²) in [6, 6.07) is 3.65. The number of carbonyl (C=O) groups excluding carboxylic acids is 11. The van der Waals surface area contributed by atoms with Gasteiger partial charge < -0.3 is 99.9 Å². The molecule has 0 unspecified atom stereocenters. The number of imidazole rings is 1. The second-order valence-corrected chi connectivity index (χ2v) is 25.3. The van der Waals surface area contributed by atoms with Crippen LogP contribution in [0.4, 0.5) is 4.39 Å². The Morgan fingerprint density at radius 3 is 1.83 bits per heavy atom. The molecule has 0 fully saturated rings. The topological polar surface area (TPSA) is 533 Å². The molecule has 102 heavy (non-hydrogen) atoms. The number of nitrogens with two attached hydrogens (primary N) is 2. The smallest absolute Gasteiger partial charge is 0.305 e. The third kappa shape index (κ3) is 26.3. The Balaban J connectivity index is 1.54. The fraction of sp³-hybridized carbons (Fsp3) is 0.500. The van der Waals surface area contributed by atoms with Gasteiger partial charge in [0, 0.05) is 31.9 Å². The van der Waals surface area contributed by atoms with Crippen LogP contribution >= 0.6 is 0 Å². The van der Waals surface area contributed by atoms with Crippen molar-refractivity contribution < 1.29 is 97.0 Å². The number of nitrogens with zero attached hydrogens (tertiary/aromatic N) is 1. The third-order valence-corrected chi connectivity index (χ3v) is 16.4. The van der Waals surface area contributed by atoms with E-state index in [2.05, 4.69) is 63.1 Å². The number of carboxylic acids is 2. The van der Waals surface area contributed by atoms with Crippen molar-refractivity contribution in [3.63, 3.8) is 0 Å². The maximum absolute atomic E-state index is 15.4. The molecule has 1 heterocycles. The molecule has 3 aromatic carbocycles. The van der Waals surface area contributed by atoms with Gasteiger partial charge in [0.25, 0.3) is 0 Å². The molecule has 4 rings (SSSR count). The highest BCUT2D eigenvalue weighted by Gasteiger charge is 2.43. The molecule has 20 N–H and O–H groups in total. The van der Waals surface area contributed by atoms with Gasteiger partial charge in [0.1, 0.15) is 64.9 Å². The summed E-state index contributed by atoms with van der Waals surface area (Å²) in [4.78, 5) is 182. The molecule has 11 amide bonds. The molecule has 0 spiro atoms. The van der Waals surface area contributed by atoms with Crippen molar-refractivity contribution in [2.45, 2.75) is 197 Å². The summed E-state index contributed by atoms with van der Waals surface area (Å²) in [5, 5.41) is 74.8. The SMILES string of the molecule is CCCCCC[C@H](NC(=O)[C@H](Cc1ccc(-c2ccc(OC)cc2CC)cc1)NC(=O)[C@H](CC(=O)O)NC(=O)[C@H](CO)NC(=O)[C@@H](NC(=O)[C@](C)(Cc1ccccc1F)NC(=O)[C@@H](NC(=O)CNC(=O)[C@H](CCC(=O)O)NC(=O)C(C)(C)NC(=O)[C@@H](N)Cc1c[nH]cn1)[C@@H](C)O)[C@@H](C)O)C(N)=O. The number of amides is 11. The van der Waals surface area contributed by atoms with E-state index in [-0.39, 0.29) is 24.8 Å². The summed E-state index contributed by atoms with van der Waals surface area (Å²) in [5.74, 6) is -15.8. The standard InChI is InChI=1S/C68H95FN14O19/c1-9-11-12-13-18-47(57(71)92)75-60(95)49(27-38-19-21-40(22-20-38)44-24-23-43(102-8)28-39(44)10-2)76-61(96)50(30-54(90)91)77-62(97)51(34-84)78-63(98)55(36(3)85)81-66(101)68(7,31-41-16-14-15-17-45(41)69)83-64(99)56(37(4)86)80-52(87)33-73-59(94)48(25-26-53(88)89)79-65(100)67(5,6)82-58(93)46(70)29-42-32-72-35-74-42/h14-17,19-24,28,32,35-37,46-51,55-56,84-86H,9-13,18,25-27,29-31,33-34,70H2,1-8H3,(H2,71,92)(H,72,74)(H,73,94)(H,75,95)(H,76,96)(H,77,97)(H,78,98)(H,79,100)(H,80,87)(H,81,101)(H,82,93)(H,83,99)(H,88,89)(H,90,91)/t36-,37-,46+,47+,48+,49+,50+,51+,55+,56+,68+/m1/s1. The van der Waals surface area contributed by atoms with E-state index in [1.54, 1.807) is 37.4 Å². The normalized spacial score (nSPS) is 14.8. The molecule has 34 heteroatoms. The number of ether oxygens (including phenoxy) is 1. The number of nitrogens with one attached hydrogen (secondary N) is 11. The number of rotatable bonds is 43. The van der Waals surface area contributed by atoms with Crippen molar-refractivity contribution in [3.8, 4) is 16.9 Å². The zero-order valence-electron chi connectivity index (χ0n) is 58.1. The molecule has 33 nitrogen and oxygen atoms in total. The number of aryl methyl sites for hydroxylation is 1. The molecule has 11 atom stereocenters. The van der Waals surface area contributed by atoms with E-state index in [0.29, 0.717) is 36.3 Å². The lowest BCUT2D eigenvalue weighted by Crippen LogP contribution is -2.67. The molecular weight excluding hydrogens is 1340 g/mol. The first-order valence-corrected chi connectivity index (χ1v) is 33.0. The Morgan fingerprint density at radius 2 is 1.25 bits per heavy atom. The highest BCUT2D eigenvalue weighted by molar-refractivity contribution is 6.01. The lowest BCUT2D eigenvalue weighted by Gasteiger charge is -2.34. The van der Waals surface area contributed by atoms with E-state index in [0.717, 1.165) is 56.4 Å². The number of methoxy groups -OCH3 is 1. The Kier molecular flexibility index (Phi) is 33.0. The number of halogens is 1. The fourth-order valence-corrected chi connectivity index (χ4v) is 10.5. The van der Waals surface area contributed by atoms with Crippen LogP contribution in [0.25, 0.3) is 11.1 Å². The average molecular weight is 1430 g/mol. The minimum absolute atomic E-state index is 0.0129. The first-order chi connectivity index (χ1) is 48.1. The van der Waals surface area contributed by atoms with Gasteiger partial charge in [0.2, 0.25) is 65.0 Å². The second-order valence-electron chi connectivity index (χ2n) is 25.3. The van der Waals surface area contributed by atoms with Crippen LogP contribution in [-0.2, 0) is 88.0 Å². The van der Waals surface area contributed by atoms with Crippen molar-refractivity contribution >= 4 is 76.9 Å². The number of carbonyl (C=O) groups is 13. The quantitative estimate of drug-likeness (QED) is 0.0213. The molecule has 0 bridgehead atoms. The van der Waals surface area contributed by atoms with Crippen LogP contribution in [-0.4, -0.2) is 204 Å². The average Bonchev–Trinajstić information content (AvgIpc) is 1.15. The number of unbranched alkanes of at least 4 members (excludes halogenated alkanes) is 3. The van der Waals surface area contributed by atoms with Crippen LogP contribution < -0.4 is 69.4 Å². The first-order valence-electron chi connectivity index (χ1n) is 33.0. The zero-order valence-corrected chi connectivity index (χ0v) is 58.1. The maximum Gasteiger partial charge on any atom is 0.305 e. The number of aliphatic hydroxyl groups excluding tert-OH is 3. The van der Waals surface area contributed by atoms with Crippen molar-refractivity contribution in [2.75, 3.05) is 20.3 Å². The van der Waals surface area contributed by atoms with Gasteiger partial charge in [-0.25, -0.2) is 9.37 Å². The van der Waals surface area contributed by atoms with Gasteiger partial charge in [-0.3, -0.25) is 62.3 Å². The molecule has 0 radical (unpaired) electrons. The van der Waals surface area contributed by atoms with Crippen molar-refractivity contribution in [1.82, 2.24) is 63.1 Å². The lowest BCUT2D eigenvalue weighted by atomic mass is 9.90. The predicted octanol–water partition coefficient (Wildman–Crippen LogP) is -2.03. The van der Waals surface area contributed by atoms with Gasteiger partial charge in [0.05, 0.1) is 57.0 Å². The van der Waals surface area contributed by atoms with Crippen molar-refractivity contribution in [3.05, 3.63) is 107 Å². The van der Waals surface area contributed by atoms with E-state index in [9.17, 15) is 87.9 Å². The largest absolute Gasteiger partial charge is 0.497 e. The van der Waals surface area contributed by atoms with Gasteiger partial charge in [-0.05, 0) is 99.9 Å². The monoisotopic (exact) mass is 1430 g/mol. The number of carboxylic acid groups (broad SMARTS) is 2. The fourth-order valence-electron chi connectivity index (χ4n) is 10.5. The maximum atomic E-state index is 15.4. The van der Waals surface area contributed by atoms with Crippen LogP contribution in [0.2, 0.25) is 0 Å². The third-order valence-electron chi connectivity index (χ3n) is 16.4. The molecule has 0 saturated heterocycles. The van der Waals surface area contributed by atoms with Crippen LogP contribution in [0.1, 0.15) is 122 Å². The van der Waals surface area contributed by atoms with E-state index in [4.69, 9.17) is 16.2 Å². The number of H-pyrrole nitrogens is 1. The number of benzene rings is 3. The summed E-state index contributed by atoms with van der Waals surface area (Å²) in [5.41, 5.74) is 10.9. The van der Waals surface area contributed by atoms with Gasteiger partial charge in [-0.2, -0.15) is 0 Å². The molecule has 1 aromatic heterocycles. The van der Waals surface area contributed by atoms with Crippen LogP contribution in [0, 0.1) is 5.82 Å². The van der Waals surface area contributed by atoms with Crippen LogP contribution in [0.3, 0.4) is 0 Å². The number of aliphatic hydroxyl groups is 3. The Morgan fingerprint density at radius 1 is 0.637 bits per heavy atom. The van der Waals surface area contributed by atoms with Gasteiger partial charge in [0.15, 0.2) is 0 Å². The Hall–Kier alpha value is -10.4. The minimum Gasteiger partial charge on any atom is -0.497 e. The molecular formula is C68H95FN14O19. The van der Waals surface area contributed by atoms with Gasteiger partial charge in [-0.15, -0.1) is 0 Å². The number of aliphatic carboxylic acids is 2. The predicted molar refractivity (Wildman–Crippen MR) is 365 cm³/mol. The van der Waals surface area contributed by atoms with Crippen molar-refractivity contribution in [1.29, 1.82) is 0 Å². The summed E-state index contributed by atoms with van der Waals surface area (Å²) in [6.07, 6.45) is -0.440. The molecule has 558 valence electrons. The molecule has 0 aliphatic rings. The summed E-state index contributed by atoms with van der Waals surface area (Å²) in [6.45, 7) is 7.33. The zero-order chi connectivity index (χ0) is 76.2. The van der Waals surface area contributed by atoms with E-state index < -0.39 is 193 Å². The first kappa shape index (κ1) is 84.0. The lowest BCUT2D eigenvalue weighted by molar-refractivity contribution is -0.142. The molecule has 4 aromatic rings. The van der Waals surface area contributed by atoms with E-state index in [1.807, 2.05) is 26.0 Å². The van der Waals surface area contributed by atoms with Gasteiger partial charge >= 0.3 is 11.9 Å². The molecule has 0 saturated carbocycles. The Labute approximate surface area is 588 Å². The number of hydrogen-bond donors (Lipinski definition) is 18. The highest BCUT2D eigenvalue weighted by atomic mass is 19.1. The summed E-state index contributed by atoms with van der Waals surface area (Å²) < 4.78 is 20.8. The van der Waals surface area contributed by atoms with Gasteiger partial charge in [-0.1, -0.05) is 88.1 Å². The van der Waals surface area contributed by atoms with E-state index >= 15 is 4.39 Å². The van der Waals surface area contributed by atoms with Crippen molar-refractivity contribution in [2.24, 2.45) is 11.5 Å². The number of hydrogen-bond acceptors (Lipinski definition) is 19. The van der Waals surface area contributed by atoms with E-state index in [1.165, 1.54) is 44.6 Å². The van der Waals surface area contributed by atoms with Crippen LogP contribution in [0.15, 0.2) is 79.3 Å². The molecule has 0 aliphatic carbocycles. The summed E-state index contributed by atoms with van der Waals surface area (Å²) >= 11 is 0. The molecule has 0 aliphatic heterocycles. The Bertz CT molecular complexity index is 3580. The minimum atomic E-state index is -2.42. The number of aromatic nitrogens is 2. The van der Waals surface area contributed by atoms with Crippen LogP contribution in [0.5, 0.6) is 5.75 Å². The summed E-state index contributed by atoms with van der Waals surface area (Å²) in [7, 11) is 1.55.